The van der Waals surface area contributed by atoms with Gasteiger partial charge in [0.15, 0.2) is 0 Å². The Hall–Kier alpha value is -1.23. The second-order valence-electron chi connectivity index (χ2n) is 3.64. The Labute approximate surface area is 92.3 Å². The molecule has 1 aromatic heterocycles. The van der Waals surface area contributed by atoms with Gasteiger partial charge in [0, 0.05) is 12.4 Å². The highest BCUT2D eigenvalue weighted by molar-refractivity contribution is 7.98. The summed E-state index contributed by atoms with van der Waals surface area (Å²) in [7, 11) is 0. The number of hydrogen-bond donors (Lipinski definition) is 1. The molecule has 2 heterocycles. The van der Waals surface area contributed by atoms with Gasteiger partial charge in [-0.05, 0) is 37.3 Å². The molecule has 0 unspecified atom stereocenters. The summed E-state index contributed by atoms with van der Waals surface area (Å²) in [6, 6.07) is 2.52. The van der Waals surface area contributed by atoms with E-state index >= 15 is 0 Å². The van der Waals surface area contributed by atoms with Gasteiger partial charge in [0.1, 0.15) is 6.10 Å². The average Bonchev–Trinajstić information content (AvgIpc) is 2.23. The van der Waals surface area contributed by atoms with Gasteiger partial charge in [-0.1, -0.05) is 0 Å². The van der Waals surface area contributed by atoms with Gasteiger partial charge in [-0.3, -0.25) is 9.71 Å². The molecule has 1 saturated carbocycles. The van der Waals surface area contributed by atoms with E-state index in [2.05, 4.69) is 14.7 Å². The number of pyridine rings is 1. The number of ether oxygens (including phenoxy) is 1. The molecule has 0 saturated heterocycles. The first-order valence-electron chi connectivity index (χ1n) is 5.04. The van der Waals surface area contributed by atoms with Crippen molar-refractivity contribution < 1.29 is 4.74 Å². The number of aromatic nitrogens is 1. The van der Waals surface area contributed by atoms with Crippen molar-refractivity contribution in [2.75, 3.05) is 0 Å². The molecule has 3 rings (SSSR count). The lowest BCUT2D eigenvalue weighted by molar-refractivity contribution is 0.104. The van der Waals surface area contributed by atoms with Crippen LogP contribution in [0.1, 0.15) is 19.3 Å². The molecule has 4 nitrogen and oxygen atoms in total. The number of amidine groups is 1. The molecule has 0 radical (unpaired) electrons. The van der Waals surface area contributed by atoms with Crippen molar-refractivity contribution in [2.45, 2.75) is 30.3 Å². The predicted molar refractivity (Wildman–Crippen MR) is 59.0 cm³/mol. The minimum Gasteiger partial charge on any atom is -0.461 e. The fourth-order valence-corrected chi connectivity index (χ4v) is 2.09. The lowest BCUT2D eigenvalue weighted by atomic mass is 9.96. The maximum absolute atomic E-state index is 5.68. The fraction of sp³-hybridized carbons (Fsp3) is 0.400. The number of nitrogens with zero attached hydrogens (tertiary/aromatic N) is 2. The maximum Gasteiger partial charge on any atom is 0.300 e. The van der Waals surface area contributed by atoms with Crippen LogP contribution in [0.4, 0.5) is 5.69 Å². The van der Waals surface area contributed by atoms with Crippen LogP contribution in [-0.4, -0.2) is 17.1 Å². The molecule has 0 amide bonds. The van der Waals surface area contributed by atoms with Gasteiger partial charge < -0.3 is 4.74 Å². The number of aliphatic imine (C=N–C) groups is 1. The highest BCUT2D eigenvalue weighted by Gasteiger charge is 2.22. The van der Waals surface area contributed by atoms with Crippen molar-refractivity contribution in [1.82, 2.24) is 9.71 Å². The van der Waals surface area contributed by atoms with Crippen LogP contribution in [0.15, 0.2) is 28.3 Å². The molecule has 1 aliphatic heterocycles. The third-order valence-electron chi connectivity index (χ3n) is 2.56. The van der Waals surface area contributed by atoms with Crippen LogP contribution in [-0.2, 0) is 4.74 Å². The maximum atomic E-state index is 5.68. The Morgan fingerprint density at radius 2 is 2.40 bits per heavy atom. The molecule has 0 aromatic carbocycles. The van der Waals surface area contributed by atoms with E-state index < -0.39 is 0 Å². The summed E-state index contributed by atoms with van der Waals surface area (Å²) in [5.41, 5.74) is 0.933. The van der Waals surface area contributed by atoms with E-state index in [1.54, 1.807) is 12.4 Å². The molecule has 0 bridgehead atoms. The summed E-state index contributed by atoms with van der Waals surface area (Å²) < 4.78 is 8.76. The summed E-state index contributed by atoms with van der Waals surface area (Å²) in [5.74, 6) is 0. The monoisotopic (exact) mass is 221 g/mol. The Morgan fingerprint density at radius 3 is 3.20 bits per heavy atom. The summed E-state index contributed by atoms with van der Waals surface area (Å²) in [5, 5.41) is 0. The van der Waals surface area contributed by atoms with E-state index in [-0.39, 0.29) is 0 Å². The fourth-order valence-electron chi connectivity index (χ4n) is 1.47. The number of fused-ring (bicyclic) bond motifs is 1. The first-order chi connectivity index (χ1) is 7.42. The molecule has 2 aliphatic rings. The van der Waals surface area contributed by atoms with Gasteiger partial charge in [-0.15, -0.1) is 0 Å². The number of rotatable bonds is 1. The van der Waals surface area contributed by atoms with Crippen LogP contribution < -0.4 is 4.72 Å². The van der Waals surface area contributed by atoms with Gasteiger partial charge in [0.05, 0.1) is 10.6 Å². The van der Waals surface area contributed by atoms with Gasteiger partial charge in [-0.2, -0.15) is 4.99 Å². The highest BCUT2D eigenvalue weighted by Crippen LogP contribution is 2.31. The van der Waals surface area contributed by atoms with Crippen molar-refractivity contribution in [3.05, 3.63) is 18.5 Å². The summed E-state index contributed by atoms with van der Waals surface area (Å²) >= 11 is 1.51. The lowest BCUT2D eigenvalue weighted by Crippen LogP contribution is -2.31. The molecule has 15 heavy (non-hydrogen) atoms. The van der Waals surface area contributed by atoms with E-state index in [9.17, 15) is 0 Å². The quantitative estimate of drug-likeness (QED) is 0.739. The normalized spacial score (nSPS) is 19.6. The van der Waals surface area contributed by atoms with Crippen LogP contribution >= 0.6 is 11.9 Å². The zero-order valence-corrected chi connectivity index (χ0v) is 8.96. The predicted octanol–water partition coefficient (Wildman–Crippen LogP) is 2.25. The van der Waals surface area contributed by atoms with E-state index in [1.165, 1.54) is 18.4 Å². The summed E-state index contributed by atoms with van der Waals surface area (Å²) in [6.45, 7) is 0. The zero-order valence-electron chi connectivity index (χ0n) is 8.14. The summed E-state index contributed by atoms with van der Waals surface area (Å²) in [6.07, 6.45) is 7.47. The first-order valence-corrected chi connectivity index (χ1v) is 5.86. The van der Waals surface area contributed by atoms with Gasteiger partial charge >= 0.3 is 6.02 Å². The Morgan fingerprint density at radius 1 is 1.47 bits per heavy atom. The topological polar surface area (TPSA) is 46.5 Å². The molecule has 1 aliphatic carbocycles. The van der Waals surface area contributed by atoms with E-state index in [0.717, 1.165) is 23.4 Å². The van der Waals surface area contributed by atoms with Crippen LogP contribution in [0.3, 0.4) is 0 Å². The average molecular weight is 221 g/mol. The molecule has 0 spiro atoms. The van der Waals surface area contributed by atoms with Crippen molar-refractivity contribution in [1.29, 1.82) is 0 Å². The SMILES string of the molecule is c1cc2c(cn1)SNC(OC1CCC1)=N2. The summed E-state index contributed by atoms with van der Waals surface area (Å²) in [4.78, 5) is 9.47. The van der Waals surface area contributed by atoms with Crippen LogP contribution in [0.5, 0.6) is 0 Å². The number of nitrogens with one attached hydrogen (secondary N) is 1. The van der Waals surface area contributed by atoms with E-state index in [1.807, 2.05) is 6.07 Å². The van der Waals surface area contributed by atoms with Crippen molar-refractivity contribution in [3.8, 4) is 0 Å². The van der Waals surface area contributed by atoms with Crippen molar-refractivity contribution >= 4 is 23.7 Å². The minimum atomic E-state index is 0.361. The molecule has 1 N–H and O–H groups in total. The third kappa shape index (κ3) is 1.79. The van der Waals surface area contributed by atoms with Crippen molar-refractivity contribution in [3.63, 3.8) is 0 Å². The molecule has 1 fully saturated rings. The number of hydrogen-bond acceptors (Lipinski definition) is 5. The van der Waals surface area contributed by atoms with Gasteiger partial charge in [0.25, 0.3) is 0 Å². The first kappa shape index (κ1) is 9.03. The molecule has 5 heteroatoms. The largest absolute Gasteiger partial charge is 0.461 e. The molecule has 0 atom stereocenters. The third-order valence-corrected chi connectivity index (χ3v) is 3.37. The lowest BCUT2D eigenvalue weighted by Gasteiger charge is -2.27. The second kappa shape index (κ2) is 3.73. The Bertz CT molecular complexity index is 403. The van der Waals surface area contributed by atoms with Crippen molar-refractivity contribution in [2.24, 2.45) is 4.99 Å². The molecular weight excluding hydrogens is 210 g/mol. The van der Waals surface area contributed by atoms with Crippen LogP contribution in [0, 0.1) is 0 Å². The van der Waals surface area contributed by atoms with E-state index in [0.29, 0.717) is 12.1 Å². The van der Waals surface area contributed by atoms with Gasteiger partial charge in [-0.25, -0.2) is 0 Å². The standard InChI is InChI=1S/C10H11N3OS/c1-2-7(3-1)14-10-12-8-4-5-11-6-9(8)15-13-10/h4-7H,1-3H2,(H,12,13). The smallest absolute Gasteiger partial charge is 0.300 e. The van der Waals surface area contributed by atoms with Crippen LogP contribution in [0.25, 0.3) is 0 Å². The Balaban J connectivity index is 1.78. The molecule has 78 valence electrons. The minimum absolute atomic E-state index is 0.361. The second-order valence-corrected chi connectivity index (χ2v) is 4.48. The molecular formula is C10H11N3OS. The Kier molecular flexibility index (Phi) is 2.25. The van der Waals surface area contributed by atoms with Gasteiger partial charge in [0.2, 0.25) is 0 Å². The highest BCUT2D eigenvalue weighted by atomic mass is 32.2. The van der Waals surface area contributed by atoms with E-state index in [4.69, 9.17) is 4.74 Å². The zero-order chi connectivity index (χ0) is 10.1. The molecule has 1 aromatic rings. The van der Waals surface area contributed by atoms with Crippen LogP contribution in [0.2, 0.25) is 0 Å².